The van der Waals surface area contributed by atoms with Crippen molar-refractivity contribution in [2.75, 3.05) is 11.9 Å². The van der Waals surface area contributed by atoms with E-state index >= 15 is 0 Å². The Morgan fingerprint density at radius 3 is 2.50 bits per heavy atom. The number of rotatable bonds is 6. The average Bonchev–Trinajstić information content (AvgIpc) is 2.96. The van der Waals surface area contributed by atoms with Crippen LogP contribution in [0.4, 0.5) is 5.69 Å². The van der Waals surface area contributed by atoms with Gasteiger partial charge in [0.05, 0.1) is 12.6 Å². The average molecular weight is 428 g/mol. The summed E-state index contributed by atoms with van der Waals surface area (Å²) >= 11 is 0. The van der Waals surface area contributed by atoms with Gasteiger partial charge in [-0.05, 0) is 61.2 Å². The molecular formula is C27H29N3O2. The van der Waals surface area contributed by atoms with Crippen LogP contribution in [0, 0.1) is 0 Å². The van der Waals surface area contributed by atoms with Crippen molar-refractivity contribution in [3.63, 3.8) is 0 Å². The van der Waals surface area contributed by atoms with E-state index in [1.807, 2.05) is 53.4 Å². The Bertz CT molecular complexity index is 1100. The van der Waals surface area contributed by atoms with Gasteiger partial charge in [0.2, 0.25) is 11.8 Å². The molecule has 4 rings (SSSR count). The first-order valence-corrected chi connectivity index (χ1v) is 11.1. The molecule has 3 aromatic carbocycles. The molecule has 0 saturated carbocycles. The standard InChI is InChI=1S/C27H29N3O2/c1-19(28-2)26(31)29-24-16-15-22-12-6-7-14-25(22)30(27(24)32)18-20-9-8-13-23(17-20)21-10-4-3-5-11-21/h3-14,17,19,24,28H,15-16,18H2,1-2H3,(H,29,31)/t19-,24-/m0/s1. The summed E-state index contributed by atoms with van der Waals surface area (Å²) in [5, 5.41) is 5.89. The molecule has 0 spiro atoms. The van der Waals surface area contributed by atoms with Crippen molar-refractivity contribution in [3.05, 3.63) is 90.0 Å². The highest BCUT2D eigenvalue weighted by Gasteiger charge is 2.32. The maximum Gasteiger partial charge on any atom is 0.249 e. The molecule has 0 aliphatic carbocycles. The van der Waals surface area contributed by atoms with Crippen LogP contribution in [0.3, 0.4) is 0 Å². The summed E-state index contributed by atoms with van der Waals surface area (Å²) in [6.45, 7) is 2.24. The van der Waals surface area contributed by atoms with Crippen LogP contribution in [-0.2, 0) is 22.6 Å². The summed E-state index contributed by atoms with van der Waals surface area (Å²) in [4.78, 5) is 27.9. The predicted octanol–water partition coefficient (Wildman–Crippen LogP) is 3.93. The second kappa shape index (κ2) is 9.79. The fourth-order valence-corrected chi connectivity index (χ4v) is 4.10. The van der Waals surface area contributed by atoms with E-state index in [0.717, 1.165) is 34.4 Å². The highest BCUT2D eigenvalue weighted by molar-refractivity contribution is 6.00. The molecule has 3 aromatic rings. The van der Waals surface area contributed by atoms with E-state index in [1.165, 1.54) is 0 Å². The molecule has 0 bridgehead atoms. The Morgan fingerprint density at radius 2 is 1.72 bits per heavy atom. The van der Waals surface area contributed by atoms with Crippen molar-refractivity contribution in [1.82, 2.24) is 10.6 Å². The first kappa shape index (κ1) is 21.8. The Kier molecular flexibility index (Phi) is 6.66. The number of likely N-dealkylation sites (N-methyl/N-ethyl adjacent to an activating group) is 1. The predicted molar refractivity (Wildman–Crippen MR) is 128 cm³/mol. The van der Waals surface area contributed by atoms with Crippen LogP contribution in [0.15, 0.2) is 78.9 Å². The topological polar surface area (TPSA) is 61.4 Å². The number of anilines is 1. The van der Waals surface area contributed by atoms with Crippen molar-refractivity contribution in [2.45, 2.75) is 38.4 Å². The number of benzene rings is 3. The smallest absolute Gasteiger partial charge is 0.249 e. The first-order valence-electron chi connectivity index (χ1n) is 11.1. The third-order valence-electron chi connectivity index (χ3n) is 6.07. The maximum atomic E-state index is 13.6. The van der Waals surface area contributed by atoms with Gasteiger partial charge in [0.15, 0.2) is 0 Å². The number of aryl methyl sites for hydroxylation is 1. The summed E-state index contributed by atoms with van der Waals surface area (Å²) in [7, 11) is 1.74. The molecule has 0 unspecified atom stereocenters. The van der Waals surface area contributed by atoms with Crippen molar-refractivity contribution < 1.29 is 9.59 Å². The first-order chi connectivity index (χ1) is 15.6. The fourth-order valence-electron chi connectivity index (χ4n) is 4.10. The van der Waals surface area contributed by atoms with E-state index in [4.69, 9.17) is 0 Å². The molecule has 0 saturated heterocycles. The van der Waals surface area contributed by atoms with Gasteiger partial charge in [0.1, 0.15) is 6.04 Å². The van der Waals surface area contributed by atoms with Crippen molar-refractivity contribution in [1.29, 1.82) is 0 Å². The molecule has 32 heavy (non-hydrogen) atoms. The molecule has 0 aromatic heterocycles. The van der Waals surface area contributed by atoms with E-state index in [1.54, 1.807) is 14.0 Å². The summed E-state index contributed by atoms with van der Waals surface area (Å²) in [5.74, 6) is -0.237. The normalized spacial score (nSPS) is 16.8. The van der Waals surface area contributed by atoms with Gasteiger partial charge in [-0.2, -0.15) is 0 Å². The highest BCUT2D eigenvalue weighted by atomic mass is 16.2. The third kappa shape index (κ3) is 4.73. The fraction of sp³-hybridized carbons (Fsp3) is 0.259. The van der Waals surface area contributed by atoms with Crippen molar-refractivity contribution >= 4 is 17.5 Å². The van der Waals surface area contributed by atoms with Gasteiger partial charge in [-0.25, -0.2) is 0 Å². The van der Waals surface area contributed by atoms with Gasteiger partial charge in [-0.1, -0.05) is 66.7 Å². The number of para-hydroxylation sites is 1. The minimum atomic E-state index is -0.553. The van der Waals surface area contributed by atoms with E-state index in [-0.39, 0.29) is 17.9 Å². The van der Waals surface area contributed by atoms with Gasteiger partial charge in [0, 0.05) is 5.69 Å². The monoisotopic (exact) mass is 427 g/mol. The maximum absolute atomic E-state index is 13.6. The lowest BCUT2D eigenvalue weighted by Crippen LogP contribution is -2.52. The Balaban J connectivity index is 1.64. The van der Waals surface area contributed by atoms with Gasteiger partial charge >= 0.3 is 0 Å². The lowest BCUT2D eigenvalue weighted by molar-refractivity contribution is -0.128. The zero-order valence-electron chi connectivity index (χ0n) is 18.5. The molecule has 1 heterocycles. The number of fused-ring (bicyclic) bond motifs is 1. The van der Waals surface area contributed by atoms with E-state index in [9.17, 15) is 9.59 Å². The van der Waals surface area contributed by atoms with E-state index < -0.39 is 6.04 Å². The van der Waals surface area contributed by atoms with Crippen LogP contribution < -0.4 is 15.5 Å². The summed E-state index contributed by atoms with van der Waals surface area (Å²) in [6, 6.07) is 25.6. The molecule has 2 N–H and O–H groups in total. The number of amides is 2. The molecule has 5 nitrogen and oxygen atoms in total. The van der Waals surface area contributed by atoms with E-state index in [0.29, 0.717) is 13.0 Å². The van der Waals surface area contributed by atoms with Gasteiger partial charge in [-0.3, -0.25) is 9.59 Å². The largest absolute Gasteiger partial charge is 0.343 e. The van der Waals surface area contributed by atoms with Gasteiger partial charge in [0.25, 0.3) is 0 Å². The van der Waals surface area contributed by atoms with Crippen LogP contribution >= 0.6 is 0 Å². The van der Waals surface area contributed by atoms with Crippen LogP contribution in [0.5, 0.6) is 0 Å². The molecule has 2 atom stereocenters. The SMILES string of the molecule is CN[C@@H](C)C(=O)N[C@H]1CCc2ccccc2N(Cc2cccc(-c3ccccc3)c2)C1=O. The quantitative estimate of drug-likeness (QED) is 0.627. The lowest BCUT2D eigenvalue weighted by Gasteiger charge is -2.27. The van der Waals surface area contributed by atoms with Crippen LogP contribution in [0.1, 0.15) is 24.5 Å². The molecular weight excluding hydrogens is 398 g/mol. The summed E-state index contributed by atoms with van der Waals surface area (Å²) < 4.78 is 0. The number of carbonyl (C=O) groups is 2. The van der Waals surface area contributed by atoms with Crippen molar-refractivity contribution in [2.24, 2.45) is 0 Å². The van der Waals surface area contributed by atoms with Gasteiger partial charge < -0.3 is 15.5 Å². The molecule has 1 aliphatic heterocycles. The molecule has 0 fully saturated rings. The third-order valence-corrected chi connectivity index (χ3v) is 6.07. The number of nitrogens with one attached hydrogen (secondary N) is 2. The number of hydrogen-bond donors (Lipinski definition) is 2. The van der Waals surface area contributed by atoms with Crippen LogP contribution in [-0.4, -0.2) is 30.9 Å². The molecule has 2 amide bonds. The Hall–Kier alpha value is -3.44. The second-order valence-corrected chi connectivity index (χ2v) is 8.23. The number of nitrogens with zero attached hydrogens (tertiary/aromatic N) is 1. The van der Waals surface area contributed by atoms with Crippen LogP contribution in [0.2, 0.25) is 0 Å². The van der Waals surface area contributed by atoms with E-state index in [2.05, 4.69) is 41.0 Å². The Morgan fingerprint density at radius 1 is 1.00 bits per heavy atom. The van der Waals surface area contributed by atoms with Crippen molar-refractivity contribution in [3.8, 4) is 11.1 Å². The van der Waals surface area contributed by atoms with Gasteiger partial charge in [-0.15, -0.1) is 0 Å². The molecule has 5 heteroatoms. The second-order valence-electron chi connectivity index (χ2n) is 8.23. The number of carbonyl (C=O) groups excluding carboxylic acids is 2. The Labute approximate surface area is 189 Å². The number of hydrogen-bond acceptors (Lipinski definition) is 3. The van der Waals surface area contributed by atoms with Crippen LogP contribution in [0.25, 0.3) is 11.1 Å². The summed E-state index contributed by atoms with van der Waals surface area (Å²) in [6.07, 6.45) is 1.32. The molecule has 0 radical (unpaired) electrons. The highest BCUT2D eigenvalue weighted by Crippen LogP contribution is 2.29. The minimum Gasteiger partial charge on any atom is -0.343 e. The minimum absolute atomic E-state index is 0.0725. The zero-order chi connectivity index (χ0) is 22.5. The zero-order valence-corrected chi connectivity index (χ0v) is 18.5. The lowest BCUT2D eigenvalue weighted by atomic mass is 10.0. The molecule has 1 aliphatic rings. The summed E-state index contributed by atoms with van der Waals surface area (Å²) in [5.41, 5.74) is 5.35. The molecule has 164 valence electrons.